The molecule has 2 aromatic carbocycles. The van der Waals surface area contributed by atoms with Crippen LogP contribution in [0.1, 0.15) is 56.6 Å². The average Bonchev–Trinajstić information content (AvgIpc) is 2.78. The van der Waals surface area contributed by atoms with E-state index >= 15 is 4.39 Å². The highest BCUT2D eigenvalue weighted by Crippen LogP contribution is 2.35. The monoisotopic (exact) mass is 472 g/mol. The van der Waals surface area contributed by atoms with E-state index in [1.807, 2.05) is 36.4 Å². The number of hydrogen-bond acceptors (Lipinski definition) is 3. The fraction of sp³-hybridized carbons (Fsp3) is 0.423. The van der Waals surface area contributed by atoms with Gasteiger partial charge in [0, 0.05) is 23.7 Å². The minimum Gasteiger partial charge on any atom is -0.324 e. The second-order valence-electron chi connectivity index (χ2n) is 8.57. The molecule has 1 heterocycles. The van der Waals surface area contributed by atoms with E-state index in [1.165, 1.54) is 25.7 Å². The van der Waals surface area contributed by atoms with Crippen molar-refractivity contribution in [3.8, 4) is 11.1 Å². The molecule has 0 saturated carbocycles. The molecule has 0 amide bonds. The lowest BCUT2D eigenvalue weighted by atomic mass is 9.95. The number of aromatic nitrogens is 1. The molecule has 5 nitrogen and oxygen atoms in total. The molecular weight excluding hydrogens is 438 g/mol. The molecule has 0 atom stereocenters. The van der Waals surface area contributed by atoms with Crippen molar-refractivity contribution in [3.63, 3.8) is 0 Å². The van der Waals surface area contributed by atoms with E-state index in [4.69, 9.17) is 9.79 Å². The standard InChI is InChI=1S/C26H34FN2O3P/c1-2-3-4-5-6-9-20-11-13-23(25(27)18-20)22-14-12-21(26-24(22)10-7-16-29-26)19-28-15-8-17-33(30,31)32/h7,10-14,16,18,28H,2-6,8-9,15,17,19H2,1H3,(H2,30,31,32). The first kappa shape index (κ1) is 25.5. The summed E-state index contributed by atoms with van der Waals surface area (Å²) in [5.74, 6) is -0.213. The number of fused-ring (bicyclic) bond motifs is 1. The second kappa shape index (κ2) is 12.4. The van der Waals surface area contributed by atoms with Crippen LogP contribution >= 0.6 is 7.60 Å². The van der Waals surface area contributed by atoms with Gasteiger partial charge in [0.05, 0.1) is 11.7 Å². The highest BCUT2D eigenvalue weighted by Gasteiger charge is 2.14. The molecule has 0 aliphatic carbocycles. The van der Waals surface area contributed by atoms with Gasteiger partial charge in [0.15, 0.2) is 0 Å². The number of pyridine rings is 1. The Morgan fingerprint density at radius 1 is 1.00 bits per heavy atom. The Hall–Kier alpha value is -2.11. The summed E-state index contributed by atoms with van der Waals surface area (Å²) in [5.41, 5.74) is 4.19. The number of nitrogens with zero attached hydrogens (tertiary/aromatic N) is 1. The maximum absolute atomic E-state index is 15.1. The normalized spacial score (nSPS) is 11.9. The van der Waals surface area contributed by atoms with E-state index in [0.717, 1.165) is 40.4 Å². The van der Waals surface area contributed by atoms with Gasteiger partial charge in [-0.05, 0) is 54.6 Å². The quantitative estimate of drug-likeness (QED) is 0.203. The van der Waals surface area contributed by atoms with E-state index in [2.05, 4.69) is 17.2 Å². The van der Waals surface area contributed by atoms with Gasteiger partial charge in [-0.2, -0.15) is 0 Å². The molecule has 0 bridgehead atoms. The van der Waals surface area contributed by atoms with Crippen molar-refractivity contribution in [2.24, 2.45) is 0 Å². The topological polar surface area (TPSA) is 82.5 Å². The van der Waals surface area contributed by atoms with Crippen molar-refractivity contribution in [2.75, 3.05) is 12.7 Å². The average molecular weight is 473 g/mol. The van der Waals surface area contributed by atoms with Crippen LogP contribution in [0.4, 0.5) is 4.39 Å². The molecule has 0 aliphatic heterocycles. The Labute approximate surface area is 195 Å². The van der Waals surface area contributed by atoms with Crippen molar-refractivity contribution in [3.05, 3.63) is 65.6 Å². The maximum atomic E-state index is 15.1. The van der Waals surface area contributed by atoms with Crippen LogP contribution in [0.15, 0.2) is 48.7 Å². The van der Waals surface area contributed by atoms with E-state index in [1.54, 1.807) is 12.3 Å². The van der Waals surface area contributed by atoms with Crippen LogP contribution in [0.2, 0.25) is 0 Å². The molecular formula is C26H34FN2O3P. The fourth-order valence-corrected chi connectivity index (χ4v) is 4.68. The molecule has 3 aromatic rings. The first-order chi connectivity index (χ1) is 15.9. The summed E-state index contributed by atoms with van der Waals surface area (Å²) in [4.78, 5) is 22.5. The molecule has 3 N–H and O–H groups in total. The number of benzene rings is 2. The Kier molecular flexibility index (Phi) is 9.57. The summed E-state index contributed by atoms with van der Waals surface area (Å²) in [6, 6.07) is 13.2. The second-order valence-corrected chi connectivity index (χ2v) is 10.3. The van der Waals surface area contributed by atoms with E-state index in [0.29, 0.717) is 25.1 Å². The van der Waals surface area contributed by atoms with Gasteiger partial charge in [-0.1, -0.05) is 62.9 Å². The van der Waals surface area contributed by atoms with Crippen LogP contribution in [0.25, 0.3) is 22.0 Å². The molecule has 7 heteroatoms. The largest absolute Gasteiger partial charge is 0.325 e. The lowest BCUT2D eigenvalue weighted by molar-refractivity contribution is 0.371. The third kappa shape index (κ3) is 7.72. The van der Waals surface area contributed by atoms with Crippen LogP contribution in [-0.4, -0.2) is 27.5 Å². The number of nitrogens with one attached hydrogen (secondary N) is 1. The van der Waals surface area contributed by atoms with E-state index < -0.39 is 7.60 Å². The lowest BCUT2D eigenvalue weighted by Gasteiger charge is -2.13. The maximum Gasteiger partial charge on any atom is 0.325 e. The van der Waals surface area contributed by atoms with Crippen LogP contribution in [0.3, 0.4) is 0 Å². The Bertz CT molecular complexity index is 1100. The first-order valence-corrected chi connectivity index (χ1v) is 13.6. The predicted molar refractivity (Wildman–Crippen MR) is 133 cm³/mol. The van der Waals surface area contributed by atoms with Gasteiger partial charge in [-0.25, -0.2) is 4.39 Å². The van der Waals surface area contributed by atoms with Gasteiger partial charge in [0.25, 0.3) is 0 Å². The molecule has 3 rings (SSSR count). The summed E-state index contributed by atoms with van der Waals surface area (Å²) < 4.78 is 26.1. The summed E-state index contributed by atoms with van der Waals surface area (Å²) in [7, 11) is -3.97. The van der Waals surface area contributed by atoms with Crippen LogP contribution in [0.5, 0.6) is 0 Å². The van der Waals surface area contributed by atoms with Crippen molar-refractivity contribution in [1.29, 1.82) is 0 Å². The lowest BCUT2D eigenvalue weighted by Crippen LogP contribution is -2.16. The van der Waals surface area contributed by atoms with Crippen LogP contribution in [-0.2, 0) is 17.5 Å². The predicted octanol–water partition coefficient (Wildman–Crippen LogP) is 6.21. The number of rotatable bonds is 13. The third-order valence-electron chi connectivity index (χ3n) is 5.86. The summed E-state index contributed by atoms with van der Waals surface area (Å²) in [5, 5.41) is 4.11. The minimum absolute atomic E-state index is 0.133. The zero-order valence-corrected chi connectivity index (χ0v) is 20.2. The van der Waals surface area contributed by atoms with Gasteiger partial charge < -0.3 is 15.1 Å². The molecule has 178 valence electrons. The van der Waals surface area contributed by atoms with Crippen molar-refractivity contribution < 1.29 is 18.7 Å². The molecule has 0 unspecified atom stereocenters. The van der Waals surface area contributed by atoms with Gasteiger partial charge >= 0.3 is 7.60 Å². The highest BCUT2D eigenvalue weighted by atomic mass is 31.2. The van der Waals surface area contributed by atoms with Gasteiger partial charge in [0.2, 0.25) is 0 Å². The third-order valence-corrected chi connectivity index (χ3v) is 6.76. The fourth-order valence-electron chi connectivity index (χ4n) is 4.11. The highest BCUT2D eigenvalue weighted by molar-refractivity contribution is 7.51. The Balaban J connectivity index is 1.72. The van der Waals surface area contributed by atoms with Crippen molar-refractivity contribution >= 4 is 18.5 Å². The van der Waals surface area contributed by atoms with E-state index in [9.17, 15) is 4.57 Å². The first-order valence-electron chi connectivity index (χ1n) is 11.8. The zero-order chi connectivity index (χ0) is 23.7. The molecule has 0 aliphatic rings. The van der Waals surface area contributed by atoms with Crippen LogP contribution in [0, 0.1) is 5.82 Å². The van der Waals surface area contributed by atoms with Crippen molar-refractivity contribution in [2.45, 2.75) is 58.4 Å². The smallest absolute Gasteiger partial charge is 0.324 e. The SMILES string of the molecule is CCCCCCCc1ccc(-c2ccc(CNCCCP(=O)(O)O)c3ncccc23)c(F)c1. The minimum atomic E-state index is -3.97. The molecule has 0 fully saturated rings. The van der Waals surface area contributed by atoms with Crippen LogP contribution < -0.4 is 5.32 Å². The number of aryl methyl sites for hydroxylation is 1. The van der Waals surface area contributed by atoms with Gasteiger partial charge in [-0.3, -0.25) is 9.55 Å². The number of halogens is 1. The molecule has 0 spiro atoms. The number of unbranched alkanes of at least 4 members (excludes halogenated alkanes) is 4. The Morgan fingerprint density at radius 3 is 2.55 bits per heavy atom. The van der Waals surface area contributed by atoms with E-state index in [-0.39, 0.29) is 12.0 Å². The van der Waals surface area contributed by atoms with Crippen molar-refractivity contribution in [1.82, 2.24) is 10.3 Å². The molecule has 33 heavy (non-hydrogen) atoms. The molecule has 0 radical (unpaired) electrons. The number of hydrogen-bond donors (Lipinski definition) is 3. The molecule has 1 aromatic heterocycles. The van der Waals surface area contributed by atoms with Gasteiger partial charge in [-0.15, -0.1) is 0 Å². The summed E-state index contributed by atoms with van der Waals surface area (Å²) in [6.07, 6.45) is 8.86. The zero-order valence-electron chi connectivity index (χ0n) is 19.3. The Morgan fingerprint density at radius 2 is 1.79 bits per heavy atom. The summed E-state index contributed by atoms with van der Waals surface area (Å²) >= 11 is 0. The van der Waals surface area contributed by atoms with Gasteiger partial charge in [0.1, 0.15) is 5.82 Å². The molecule has 0 saturated heterocycles. The summed E-state index contributed by atoms with van der Waals surface area (Å²) in [6.45, 7) is 3.22.